The third-order valence-corrected chi connectivity index (χ3v) is 3.17. The largest absolute Gasteiger partial charge is 0.305 e. The van der Waals surface area contributed by atoms with Gasteiger partial charge in [0.05, 0.1) is 6.54 Å². The molecular weight excluding hydrogens is 202 g/mol. The topological polar surface area (TPSA) is 37.8 Å². The normalized spacial score (nSPS) is 9.85. The van der Waals surface area contributed by atoms with E-state index in [9.17, 15) is 0 Å². The lowest BCUT2D eigenvalue weighted by Gasteiger charge is -1.97. The van der Waals surface area contributed by atoms with Crippen molar-refractivity contribution in [3.05, 3.63) is 5.82 Å². The quantitative estimate of drug-likeness (QED) is 0.452. The van der Waals surface area contributed by atoms with E-state index >= 15 is 0 Å². The van der Waals surface area contributed by atoms with Gasteiger partial charge in [0, 0.05) is 12.3 Å². The van der Waals surface area contributed by atoms with Crippen molar-refractivity contribution in [1.82, 2.24) is 14.7 Å². The molecule has 1 heterocycles. The molecule has 0 radical (unpaired) electrons. The first-order valence-electron chi connectivity index (χ1n) is 3.90. The summed E-state index contributed by atoms with van der Waals surface area (Å²) in [6.45, 7) is 3.44. The van der Waals surface area contributed by atoms with Crippen LogP contribution in [-0.4, -0.2) is 28.2 Å². The van der Waals surface area contributed by atoms with Crippen LogP contribution in [-0.2, 0) is 0 Å². The van der Waals surface area contributed by atoms with Gasteiger partial charge in [-0.2, -0.15) is 4.37 Å². The Morgan fingerprint density at radius 1 is 1.69 bits per heavy atom. The molecule has 3 nitrogen and oxygen atoms in total. The van der Waals surface area contributed by atoms with Gasteiger partial charge in [-0.25, -0.2) is 4.98 Å². The van der Waals surface area contributed by atoms with Gasteiger partial charge in [0.15, 0.2) is 4.34 Å². The molecule has 1 aromatic heterocycles. The van der Waals surface area contributed by atoms with E-state index in [1.165, 1.54) is 11.5 Å². The Bertz CT molecular complexity index is 290. The second kappa shape index (κ2) is 5.97. The molecule has 0 amide bonds. The van der Waals surface area contributed by atoms with E-state index in [-0.39, 0.29) is 0 Å². The summed E-state index contributed by atoms with van der Waals surface area (Å²) in [6.07, 6.45) is 5.09. The van der Waals surface area contributed by atoms with Crippen LogP contribution < -0.4 is 5.32 Å². The van der Waals surface area contributed by atoms with Gasteiger partial charge in [-0.1, -0.05) is 17.7 Å². The molecule has 1 aromatic rings. The summed E-state index contributed by atoms with van der Waals surface area (Å²) in [7, 11) is 0. The van der Waals surface area contributed by atoms with Crippen molar-refractivity contribution >= 4 is 23.3 Å². The van der Waals surface area contributed by atoms with E-state index in [2.05, 4.69) is 20.6 Å². The maximum atomic E-state index is 5.09. The van der Waals surface area contributed by atoms with Crippen LogP contribution in [0.25, 0.3) is 0 Å². The van der Waals surface area contributed by atoms with Crippen molar-refractivity contribution < 1.29 is 0 Å². The number of rotatable bonds is 5. The Kier molecular flexibility index (Phi) is 4.83. The lowest BCUT2D eigenvalue weighted by atomic mass is 10.6. The number of terminal acetylenes is 1. The molecule has 0 saturated carbocycles. The summed E-state index contributed by atoms with van der Waals surface area (Å²) in [5, 5.41) is 3.11. The molecule has 0 aliphatic heterocycles. The molecule has 0 unspecified atom stereocenters. The molecule has 1 N–H and O–H groups in total. The molecule has 0 fully saturated rings. The number of hydrogen-bond donors (Lipinski definition) is 1. The first-order chi connectivity index (χ1) is 6.33. The zero-order chi connectivity index (χ0) is 9.52. The van der Waals surface area contributed by atoms with Crippen molar-refractivity contribution in [2.45, 2.75) is 11.3 Å². The number of nitrogens with zero attached hydrogens (tertiary/aromatic N) is 2. The summed E-state index contributed by atoms with van der Waals surface area (Å²) >= 11 is 3.15. The summed E-state index contributed by atoms with van der Waals surface area (Å²) in [5.41, 5.74) is 0. The monoisotopic (exact) mass is 213 g/mol. The van der Waals surface area contributed by atoms with E-state index in [4.69, 9.17) is 6.42 Å². The van der Waals surface area contributed by atoms with Crippen LogP contribution in [0.4, 0.5) is 0 Å². The molecule has 0 aliphatic carbocycles. The standard InChI is InChI=1S/C8H11N3S2/c1-3-4-9-5-6-12-8-10-7(2)11-13-8/h1,9H,4-6H2,2H3. The van der Waals surface area contributed by atoms with Gasteiger partial charge in [-0.3, -0.25) is 0 Å². The number of aromatic nitrogens is 2. The van der Waals surface area contributed by atoms with Crippen molar-refractivity contribution in [3.63, 3.8) is 0 Å². The van der Waals surface area contributed by atoms with Crippen LogP contribution in [0.15, 0.2) is 4.34 Å². The van der Waals surface area contributed by atoms with Crippen molar-refractivity contribution in [2.24, 2.45) is 0 Å². The van der Waals surface area contributed by atoms with Gasteiger partial charge in [-0.05, 0) is 18.5 Å². The predicted octanol–water partition coefficient (Wildman–Crippen LogP) is 1.16. The van der Waals surface area contributed by atoms with Gasteiger partial charge in [-0.15, -0.1) is 6.42 Å². The van der Waals surface area contributed by atoms with Crippen LogP contribution in [0, 0.1) is 19.3 Å². The fourth-order valence-corrected chi connectivity index (χ4v) is 2.32. The number of hydrogen-bond acceptors (Lipinski definition) is 5. The fraction of sp³-hybridized carbons (Fsp3) is 0.500. The first kappa shape index (κ1) is 10.5. The van der Waals surface area contributed by atoms with E-state index in [0.717, 1.165) is 22.5 Å². The Hall–Kier alpha value is -0.570. The molecule has 0 atom stereocenters. The van der Waals surface area contributed by atoms with E-state index in [1.807, 2.05) is 6.92 Å². The maximum absolute atomic E-state index is 5.09. The molecule has 70 valence electrons. The summed E-state index contributed by atoms with van der Waals surface area (Å²) in [5.74, 6) is 4.36. The highest BCUT2D eigenvalue weighted by Gasteiger charge is 1.99. The Labute approximate surface area is 86.5 Å². The van der Waals surface area contributed by atoms with E-state index in [1.54, 1.807) is 11.8 Å². The minimum atomic E-state index is 0.635. The first-order valence-corrected chi connectivity index (χ1v) is 5.66. The average molecular weight is 213 g/mol. The van der Waals surface area contributed by atoms with Gasteiger partial charge in [0.2, 0.25) is 0 Å². The van der Waals surface area contributed by atoms with Crippen molar-refractivity contribution in [1.29, 1.82) is 0 Å². The lowest BCUT2D eigenvalue weighted by molar-refractivity contribution is 0.818. The highest BCUT2D eigenvalue weighted by molar-refractivity contribution is 8.00. The summed E-state index contributed by atoms with van der Waals surface area (Å²) < 4.78 is 5.12. The van der Waals surface area contributed by atoms with Crippen molar-refractivity contribution in [3.8, 4) is 12.3 Å². The molecule has 13 heavy (non-hydrogen) atoms. The fourth-order valence-electron chi connectivity index (χ4n) is 0.708. The lowest BCUT2D eigenvalue weighted by Crippen LogP contribution is -2.16. The minimum absolute atomic E-state index is 0.635. The zero-order valence-electron chi connectivity index (χ0n) is 7.41. The number of aryl methyl sites for hydroxylation is 1. The van der Waals surface area contributed by atoms with Crippen LogP contribution in [0.2, 0.25) is 0 Å². The highest BCUT2D eigenvalue weighted by atomic mass is 32.2. The van der Waals surface area contributed by atoms with Crippen molar-refractivity contribution in [2.75, 3.05) is 18.8 Å². The molecule has 0 saturated heterocycles. The molecule has 5 heteroatoms. The SMILES string of the molecule is C#CCNCCSc1nc(C)ns1. The molecular formula is C8H11N3S2. The smallest absolute Gasteiger partial charge is 0.170 e. The number of nitrogens with one attached hydrogen (secondary N) is 1. The van der Waals surface area contributed by atoms with Gasteiger partial charge in [0.25, 0.3) is 0 Å². The Morgan fingerprint density at radius 3 is 3.15 bits per heavy atom. The minimum Gasteiger partial charge on any atom is -0.305 e. The highest BCUT2D eigenvalue weighted by Crippen LogP contribution is 2.18. The third kappa shape index (κ3) is 4.27. The van der Waals surface area contributed by atoms with Crippen LogP contribution >= 0.6 is 23.3 Å². The third-order valence-electron chi connectivity index (χ3n) is 1.24. The van der Waals surface area contributed by atoms with E-state index in [0.29, 0.717) is 6.54 Å². The molecule has 0 bridgehead atoms. The maximum Gasteiger partial charge on any atom is 0.170 e. The van der Waals surface area contributed by atoms with Crippen LogP contribution in [0.1, 0.15) is 5.82 Å². The molecule has 0 aliphatic rings. The predicted molar refractivity (Wildman–Crippen MR) is 57.1 cm³/mol. The van der Waals surface area contributed by atoms with Gasteiger partial charge >= 0.3 is 0 Å². The summed E-state index contributed by atoms with van der Waals surface area (Å²) in [4.78, 5) is 4.23. The Balaban J connectivity index is 2.10. The molecule has 0 spiro atoms. The molecule has 0 aromatic carbocycles. The Morgan fingerprint density at radius 2 is 2.54 bits per heavy atom. The second-order valence-corrected chi connectivity index (χ2v) is 4.43. The number of thioether (sulfide) groups is 1. The van der Waals surface area contributed by atoms with Crippen LogP contribution in [0.3, 0.4) is 0 Å². The average Bonchev–Trinajstić information content (AvgIpc) is 2.51. The second-order valence-electron chi connectivity index (χ2n) is 2.34. The van der Waals surface area contributed by atoms with Gasteiger partial charge in [0.1, 0.15) is 5.82 Å². The molecule has 1 rings (SSSR count). The van der Waals surface area contributed by atoms with E-state index < -0.39 is 0 Å². The summed E-state index contributed by atoms with van der Waals surface area (Å²) in [6, 6.07) is 0. The van der Waals surface area contributed by atoms with Crippen LogP contribution in [0.5, 0.6) is 0 Å². The zero-order valence-corrected chi connectivity index (χ0v) is 9.04. The van der Waals surface area contributed by atoms with Gasteiger partial charge < -0.3 is 5.32 Å².